The lowest BCUT2D eigenvalue weighted by molar-refractivity contribution is -0.131. The van der Waals surface area contributed by atoms with Gasteiger partial charge in [0.25, 0.3) is 0 Å². The van der Waals surface area contributed by atoms with Gasteiger partial charge in [-0.05, 0) is 19.3 Å². The maximum Gasteiger partial charge on any atom is 0.240 e. The van der Waals surface area contributed by atoms with Crippen LogP contribution in [-0.4, -0.2) is 10.9 Å². The molecule has 1 saturated carbocycles. The SMILES string of the molecule is N#CC1(C(=O)NCc2cncs2)CCC1. The Balaban J connectivity index is 1.90. The summed E-state index contributed by atoms with van der Waals surface area (Å²) in [7, 11) is 0. The predicted octanol–water partition coefficient (Wildman–Crippen LogP) is 1.45. The standard InChI is InChI=1S/C10H11N3OS/c11-6-10(2-1-3-10)9(14)13-5-8-4-12-7-15-8/h4,7H,1-3,5H2,(H,13,14). The Morgan fingerprint density at radius 3 is 3.00 bits per heavy atom. The van der Waals surface area contributed by atoms with Crippen LogP contribution in [-0.2, 0) is 11.3 Å². The molecule has 0 saturated heterocycles. The van der Waals surface area contributed by atoms with Crippen LogP contribution in [0.2, 0.25) is 0 Å². The molecule has 0 bridgehead atoms. The zero-order valence-electron chi connectivity index (χ0n) is 8.19. The van der Waals surface area contributed by atoms with Gasteiger partial charge in [0, 0.05) is 11.1 Å². The van der Waals surface area contributed by atoms with E-state index in [1.165, 1.54) is 11.3 Å². The van der Waals surface area contributed by atoms with Crippen molar-refractivity contribution in [3.8, 4) is 6.07 Å². The second-order valence-electron chi connectivity index (χ2n) is 3.70. The minimum atomic E-state index is -0.745. The maximum absolute atomic E-state index is 11.7. The highest BCUT2D eigenvalue weighted by Gasteiger charge is 2.44. The normalized spacial score (nSPS) is 17.5. The molecule has 0 atom stereocenters. The number of nitrogens with one attached hydrogen (secondary N) is 1. The minimum Gasteiger partial charge on any atom is -0.350 e. The molecule has 1 aromatic rings. The van der Waals surface area contributed by atoms with Gasteiger partial charge in [-0.2, -0.15) is 5.26 Å². The van der Waals surface area contributed by atoms with Gasteiger partial charge in [0.2, 0.25) is 5.91 Å². The third-order valence-electron chi connectivity index (χ3n) is 2.76. The van der Waals surface area contributed by atoms with Crippen LogP contribution in [0.4, 0.5) is 0 Å². The first-order valence-electron chi connectivity index (χ1n) is 4.84. The molecular weight excluding hydrogens is 210 g/mol. The van der Waals surface area contributed by atoms with Gasteiger partial charge in [0.15, 0.2) is 0 Å². The monoisotopic (exact) mass is 221 g/mol. The van der Waals surface area contributed by atoms with E-state index in [1.54, 1.807) is 11.7 Å². The number of thiazole rings is 1. The van der Waals surface area contributed by atoms with Crippen molar-refractivity contribution in [2.24, 2.45) is 5.41 Å². The molecule has 0 spiro atoms. The second kappa shape index (κ2) is 3.99. The number of amides is 1. The highest BCUT2D eigenvalue weighted by atomic mass is 32.1. The molecule has 1 N–H and O–H groups in total. The van der Waals surface area contributed by atoms with Crippen molar-refractivity contribution in [2.75, 3.05) is 0 Å². The molecule has 78 valence electrons. The third-order valence-corrected chi connectivity index (χ3v) is 3.54. The predicted molar refractivity (Wildman–Crippen MR) is 55.9 cm³/mol. The van der Waals surface area contributed by atoms with Crippen molar-refractivity contribution >= 4 is 17.2 Å². The summed E-state index contributed by atoms with van der Waals surface area (Å²) < 4.78 is 0. The second-order valence-corrected chi connectivity index (χ2v) is 4.67. The van der Waals surface area contributed by atoms with E-state index in [9.17, 15) is 4.79 Å². The van der Waals surface area contributed by atoms with Gasteiger partial charge in [-0.1, -0.05) is 0 Å². The first-order valence-corrected chi connectivity index (χ1v) is 5.72. The molecule has 1 fully saturated rings. The lowest BCUT2D eigenvalue weighted by Gasteiger charge is -2.33. The fraction of sp³-hybridized carbons (Fsp3) is 0.500. The van der Waals surface area contributed by atoms with Crippen LogP contribution in [0, 0.1) is 16.7 Å². The molecule has 0 aromatic carbocycles. The number of aromatic nitrogens is 1. The van der Waals surface area contributed by atoms with Gasteiger partial charge >= 0.3 is 0 Å². The van der Waals surface area contributed by atoms with Gasteiger partial charge in [-0.25, -0.2) is 0 Å². The van der Waals surface area contributed by atoms with E-state index in [1.807, 2.05) is 0 Å². The average molecular weight is 221 g/mol. The van der Waals surface area contributed by atoms with Crippen molar-refractivity contribution in [1.29, 1.82) is 5.26 Å². The molecule has 5 heteroatoms. The summed E-state index contributed by atoms with van der Waals surface area (Å²) in [5.41, 5.74) is 0.982. The largest absolute Gasteiger partial charge is 0.350 e. The lowest BCUT2D eigenvalue weighted by atomic mass is 9.69. The molecule has 0 radical (unpaired) electrons. The van der Waals surface area contributed by atoms with E-state index < -0.39 is 5.41 Å². The number of nitrogens with zero attached hydrogens (tertiary/aromatic N) is 2. The first kappa shape index (κ1) is 10.1. The number of carbonyl (C=O) groups is 1. The maximum atomic E-state index is 11.7. The van der Waals surface area contributed by atoms with E-state index in [0.717, 1.165) is 11.3 Å². The van der Waals surface area contributed by atoms with E-state index in [-0.39, 0.29) is 5.91 Å². The molecule has 0 unspecified atom stereocenters. The Kier molecular flexibility index (Phi) is 2.69. The highest BCUT2D eigenvalue weighted by molar-refractivity contribution is 7.09. The zero-order chi connectivity index (χ0) is 10.7. The molecule has 2 rings (SSSR count). The smallest absolute Gasteiger partial charge is 0.240 e. The number of hydrogen-bond acceptors (Lipinski definition) is 4. The fourth-order valence-electron chi connectivity index (χ4n) is 1.59. The van der Waals surface area contributed by atoms with Crippen molar-refractivity contribution < 1.29 is 4.79 Å². The molecule has 4 nitrogen and oxygen atoms in total. The van der Waals surface area contributed by atoms with Crippen molar-refractivity contribution in [1.82, 2.24) is 10.3 Å². The van der Waals surface area contributed by atoms with Gasteiger partial charge in [-0.15, -0.1) is 11.3 Å². The van der Waals surface area contributed by atoms with Crippen LogP contribution in [0.3, 0.4) is 0 Å². The third kappa shape index (κ3) is 1.85. The van der Waals surface area contributed by atoms with E-state index in [4.69, 9.17) is 5.26 Å². The van der Waals surface area contributed by atoms with Crippen molar-refractivity contribution in [3.63, 3.8) is 0 Å². The Bertz CT molecular complexity index is 389. The summed E-state index contributed by atoms with van der Waals surface area (Å²) in [5, 5.41) is 11.7. The van der Waals surface area contributed by atoms with Gasteiger partial charge in [0.05, 0.1) is 18.1 Å². The van der Waals surface area contributed by atoms with Crippen LogP contribution in [0.1, 0.15) is 24.1 Å². The molecule has 1 amide bonds. The lowest BCUT2D eigenvalue weighted by Crippen LogP contribution is -2.44. The quantitative estimate of drug-likeness (QED) is 0.840. The fourth-order valence-corrected chi connectivity index (χ4v) is 2.12. The molecule has 1 aliphatic rings. The molecular formula is C10H11N3OS. The Labute approximate surface area is 91.9 Å². The van der Waals surface area contributed by atoms with Gasteiger partial charge in [-0.3, -0.25) is 9.78 Å². The summed E-state index contributed by atoms with van der Waals surface area (Å²) in [6.45, 7) is 0.479. The van der Waals surface area contributed by atoms with Gasteiger partial charge in [0.1, 0.15) is 5.41 Å². The van der Waals surface area contributed by atoms with E-state index in [2.05, 4.69) is 16.4 Å². The van der Waals surface area contributed by atoms with Crippen LogP contribution >= 0.6 is 11.3 Å². The zero-order valence-corrected chi connectivity index (χ0v) is 9.01. The Hall–Kier alpha value is -1.41. The minimum absolute atomic E-state index is 0.135. The number of hydrogen-bond donors (Lipinski definition) is 1. The molecule has 1 aromatic heterocycles. The van der Waals surface area contributed by atoms with Crippen LogP contribution in [0.25, 0.3) is 0 Å². The Morgan fingerprint density at radius 1 is 1.73 bits per heavy atom. The van der Waals surface area contributed by atoms with Crippen LogP contribution in [0.15, 0.2) is 11.7 Å². The molecule has 1 heterocycles. The van der Waals surface area contributed by atoms with Crippen molar-refractivity contribution in [3.05, 3.63) is 16.6 Å². The van der Waals surface area contributed by atoms with Crippen LogP contribution in [0.5, 0.6) is 0 Å². The summed E-state index contributed by atoms with van der Waals surface area (Å²) in [6.07, 6.45) is 4.09. The summed E-state index contributed by atoms with van der Waals surface area (Å²) in [5.74, 6) is -0.135. The topological polar surface area (TPSA) is 65.8 Å². The van der Waals surface area contributed by atoms with E-state index >= 15 is 0 Å². The van der Waals surface area contributed by atoms with Crippen LogP contribution < -0.4 is 5.32 Å². The molecule has 1 aliphatic carbocycles. The summed E-state index contributed by atoms with van der Waals surface area (Å²) >= 11 is 1.50. The number of rotatable bonds is 3. The average Bonchev–Trinajstić information content (AvgIpc) is 2.66. The number of carbonyl (C=O) groups excluding carboxylic acids is 1. The number of nitriles is 1. The summed E-state index contributed by atoms with van der Waals surface area (Å²) in [6, 6.07) is 2.12. The molecule has 0 aliphatic heterocycles. The molecule has 15 heavy (non-hydrogen) atoms. The highest BCUT2D eigenvalue weighted by Crippen LogP contribution is 2.40. The Morgan fingerprint density at radius 2 is 2.53 bits per heavy atom. The first-order chi connectivity index (χ1) is 7.27. The summed E-state index contributed by atoms with van der Waals surface area (Å²) in [4.78, 5) is 16.7. The van der Waals surface area contributed by atoms with E-state index in [0.29, 0.717) is 19.4 Å². The van der Waals surface area contributed by atoms with Crippen molar-refractivity contribution in [2.45, 2.75) is 25.8 Å². The van der Waals surface area contributed by atoms with Gasteiger partial charge < -0.3 is 5.32 Å².